The Kier molecular flexibility index (Phi) is 5.71. The molecule has 0 saturated carbocycles. The number of carbonyl (C=O) groups is 2. The number of hydrogen-bond donors (Lipinski definition) is 1. The number of ether oxygens (including phenoxy) is 2. The Morgan fingerprint density at radius 3 is 2.71 bits per heavy atom. The summed E-state index contributed by atoms with van der Waals surface area (Å²) >= 11 is 0. The zero-order chi connectivity index (χ0) is 19.5. The maximum atomic E-state index is 12.9. The van der Waals surface area contributed by atoms with E-state index in [9.17, 15) is 9.59 Å². The quantitative estimate of drug-likeness (QED) is 0.743. The van der Waals surface area contributed by atoms with Gasteiger partial charge in [-0.3, -0.25) is 4.79 Å². The van der Waals surface area contributed by atoms with Gasteiger partial charge in [-0.1, -0.05) is 6.07 Å². The lowest BCUT2D eigenvalue weighted by molar-refractivity contribution is -0.118. The molecular formula is C21H29N3O4. The number of piperidine rings is 1. The molecule has 7 nitrogen and oxygen atoms in total. The van der Waals surface area contributed by atoms with E-state index in [4.69, 9.17) is 9.47 Å². The van der Waals surface area contributed by atoms with Gasteiger partial charge in [-0.2, -0.15) is 0 Å². The summed E-state index contributed by atoms with van der Waals surface area (Å²) in [4.78, 5) is 29.3. The molecule has 1 N–H and O–H groups in total. The third-order valence-electron chi connectivity index (χ3n) is 6.05. The number of nitrogens with zero attached hydrogens (tertiary/aromatic N) is 2. The first-order chi connectivity index (χ1) is 13.6. The highest BCUT2D eigenvalue weighted by atomic mass is 16.5. The maximum absolute atomic E-state index is 12.9. The molecule has 4 rings (SSSR count). The van der Waals surface area contributed by atoms with Gasteiger partial charge in [-0.15, -0.1) is 0 Å². The van der Waals surface area contributed by atoms with Gasteiger partial charge in [-0.25, -0.2) is 4.79 Å². The van der Waals surface area contributed by atoms with Crippen molar-refractivity contribution < 1.29 is 19.1 Å². The van der Waals surface area contributed by atoms with E-state index >= 15 is 0 Å². The van der Waals surface area contributed by atoms with E-state index in [1.54, 1.807) is 0 Å². The molecule has 1 aromatic rings. The van der Waals surface area contributed by atoms with Crippen molar-refractivity contribution in [3.05, 3.63) is 23.8 Å². The Bertz CT molecular complexity index is 732. The summed E-state index contributed by atoms with van der Waals surface area (Å²) < 4.78 is 11.3. The van der Waals surface area contributed by atoms with Gasteiger partial charge in [0.1, 0.15) is 5.75 Å². The van der Waals surface area contributed by atoms with Gasteiger partial charge >= 0.3 is 6.03 Å². The summed E-state index contributed by atoms with van der Waals surface area (Å²) in [6, 6.07) is 5.96. The lowest BCUT2D eigenvalue weighted by atomic mass is 9.81. The minimum Gasteiger partial charge on any atom is -0.491 e. The van der Waals surface area contributed by atoms with Crippen molar-refractivity contribution in [3.8, 4) is 5.75 Å². The topological polar surface area (TPSA) is 71.1 Å². The Hall–Kier alpha value is -2.28. The highest BCUT2D eigenvalue weighted by Crippen LogP contribution is 2.33. The van der Waals surface area contributed by atoms with Crippen LogP contribution in [-0.4, -0.2) is 67.7 Å². The van der Waals surface area contributed by atoms with Crippen LogP contribution in [0.15, 0.2) is 18.2 Å². The number of benzene rings is 1. The number of fused-ring (bicyclic) bond motifs is 2. The van der Waals surface area contributed by atoms with Crippen molar-refractivity contribution in [3.63, 3.8) is 0 Å². The molecule has 0 bridgehead atoms. The molecule has 1 aromatic carbocycles. The largest absolute Gasteiger partial charge is 0.491 e. The predicted molar refractivity (Wildman–Crippen MR) is 105 cm³/mol. The van der Waals surface area contributed by atoms with Crippen LogP contribution >= 0.6 is 0 Å². The van der Waals surface area contributed by atoms with Crippen LogP contribution in [0.4, 0.5) is 10.5 Å². The van der Waals surface area contributed by atoms with Gasteiger partial charge in [0.25, 0.3) is 0 Å². The average Bonchev–Trinajstić information content (AvgIpc) is 2.70. The molecule has 0 spiro atoms. The van der Waals surface area contributed by atoms with Crippen LogP contribution in [0.2, 0.25) is 0 Å². The number of amides is 3. The van der Waals surface area contributed by atoms with Crippen LogP contribution in [0.25, 0.3) is 0 Å². The van der Waals surface area contributed by atoms with Crippen molar-refractivity contribution in [2.45, 2.75) is 26.2 Å². The summed E-state index contributed by atoms with van der Waals surface area (Å²) in [7, 11) is 0. The van der Waals surface area contributed by atoms with Crippen molar-refractivity contribution in [1.29, 1.82) is 0 Å². The first-order valence-electron chi connectivity index (χ1n) is 10.2. The number of anilines is 1. The molecule has 152 valence electrons. The Balaban J connectivity index is 1.44. The molecule has 3 heterocycles. The van der Waals surface area contributed by atoms with Gasteiger partial charge in [0.15, 0.2) is 0 Å². The van der Waals surface area contributed by atoms with Crippen molar-refractivity contribution in [2.24, 2.45) is 11.8 Å². The number of morpholine rings is 1. The molecule has 2 atom stereocenters. The number of hydrogen-bond acceptors (Lipinski definition) is 4. The van der Waals surface area contributed by atoms with E-state index in [-0.39, 0.29) is 23.8 Å². The van der Waals surface area contributed by atoms with Gasteiger partial charge in [0.05, 0.1) is 25.5 Å². The normalized spacial score (nSPS) is 25.8. The lowest BCUT2D eigenvalue weighted by Gasteiger charge is -2.41. The fourth-order valence-corrected chi connectivity index (χ4v) is 4.43. The van der Waals surface area contributed by atoms with Crippen LogP contribution in [0, 0.1) is 18.8 Å². The molecule has 3 aliphatic heterocycles. The van der Waals surface area contributed by atoms with Crippen LogP contribution in [0.1, 0.15) is 24.8 Å². The summed E-state index contributed by atoms with van der Waals surface area (Å²) in [6.07, 6.45) is 2.20. The molecule has 28 heavy (non-hydrogen) atoms. The highest BCUT2D eigenvalue weighted by Gasteiger charge is 2.35. The fraction of sp³-hybridized carbons (Fsp3) is 0.619. The van der Waals surface area contributed by atoms with Crippen LogP contribution in [-0.2, 0) is 9.53 Å². The number of carbonyl (C=O) groups excluding carboxylic acids is 2. The molecule has 0 unspecified atom stereocenters. The summed E-state index contributed by atoms with van der Waals surface area (Å²) in [5.41, 5.74) is 1.84. The summed E-state index contributed by atoms with van der Waals surface area (Å²) in [6.45, 7) is 6.53. The van der Waals surface area contributed by atoms with Crippen molar-refractivity contribution >= 4 is 17.6 Å². The van der Waals surface area contributed by atoms with E-state index in [1.807, 2.05) is 34.9 Å². The first kappa shape index (κ1) is 19.1. The number of nitrogens with one attached hydrogen (secondary N) is 1. The molecule has 3 amide bonds. The molecule has 7 heteroatoms. The van der Waals surface area contributed by atoms with E-state index in [1.165, 1.54) is 0 Å². The van der Waals surface area contributed by atoms with Crippen molar-refractivity contribution in [2.75, 3.05) is 51.3 Å². The second kappa shape index (κ2) is 8.39. The second-order valence-corrected chi connectivity index (χ2v) is 8.03. The maximum Gasteiger partial charge on any atom is 0.320 e. The summed E-state index contributed by atoms with van der Waals surface area (Å²) in [5.74, 6) is 1.30. The van der Waals surface area contributed by atoms with Gasteiger partial charge in [0.2, 0.25) is 5.91 Å². The standard InChI is InChI=1S/C21H29N3O4/c1-15-2-3-19-18(12-15)22-20(25)13-16-4-6-24(14-17(16)5-9-28-19)21(26)23-7-10-27-11-8-23/h2-3,12,16-17H,4-11,13-14H2,1H3,(H,22,25)/t16-,17-/m0/s1. The van der Waals surface area contributed by atoms with E-state index in [2.05, 4.69) is 5.32 Å². The predicted octanol–water partition coefficient (Wildman–Crippen LogP) is 2.50. The molecule has 0 radical (unpaired) electrons. The number of likely N-dealkylation sites (tertiary alicyclic amines) is 1. The molecule has 2 saturated heterocycles. The molecule has 3 aliphatic rings. The smallest absolute Gasteiger partial charge is 0.320 e. The number of aryl methyl sites for hydroxylation is 1. The number of rotatable bonds is 0. The molecule has 2 fully saturated rings. The van der Waals surface area contributed by atoms with Crippen LogP contribution in [0.3, 0.4) is 0 Å². The fourth-order valence-electron chi connectivity index (χ4n) is 4.43. The summed E-state index contributed by atoms with van der Waals surface area (Å²) in [5, 5.41) is 3.02. The SMILES string of the molecule is Cc1ccc2c(c1)NC(=O)C[C@@H]1CCN(C(=O)N3CCOCC3)C[C@@H]1CCO2. The Labute approximate surface area is 166 Å². The van der Waals surface area contributed by atoms with Gasteiger partial charge < -0.3 is 24.6 Å². The Morgan fingerprint density at radius 1 is 1.07 bits per heavy atom. The monoisotopic (exact) mass is 387 g/mol. The molecular weight excluding hydrogens is 358 g/mol. The van der Waals surface area contributed by atoms with E-state index in [0.29, 0.717) is 52.4 Å². The highest BCUT2D eigenvalue weighted by molar-refractivity contribution is 5.92. The lowest BCUT2D eigenvalue weighted by Crippen LogP contribution is -2.52. The Morgan fingerprint density at radius 2 is 1.89 bits per heavy atom. The minimum absolute atomic E-state index is 0.0281. The van der Waals surface area contributed by atoms with Crippen LogP contribution in [0.5, 0.6) is 5.75 Å². The average molecular weight is 387 g/mol. The first-order valence-corrected chi connectivity index (χ1v) is 10.2. The zero-order valence-corrected chi connectivity index (χ0v) is 16.5. The van der Waals surface area contributed by atoms with Gasteiger partial charge in [0, 0.05) is 32.6 Å². The minimum atomic E-state index is 0.0281. The second-order valence-electron chi connectivity index (χ2n) is 8.03. The zero-order valence-electron chi connectivity index (χ0n) is 16.5. The van der Waals surface area contributed by atoms with E-state index < -0.39 is 0 Å². The molecule has 0 aliphatic carbocycles. The van der Waals surface area contributed by atoms with Crippen molar-refractivity contribution in [1.82, 2.24) is 9.80 Å². The molecule has 0 aromatic heterocycles. The number of urea groups is 1. The van der Waals surface area contributed by atoms with Crippen LogP contribution < -0.4 is 10.1 Å². The van der Waals surface area contributed by atoms with E-state index in [0.717, 1.165) is 29.8 Å². The third-order valence-corrected chi connectivity index (χ3v) is 6.05. The third kappa shape index (κ3) is 4.24. The van der Waals surface area contributed by atoms with Gasteiger partial charge in [-0.05, 0) is 49.3 Å².